The molecule has 19 heavy (non-hydrogen) atoms. The molecule has 0 heterocycles. The van der Waals surface area contributed by atoms with Crippen LogP contribution in [0.4, 0.5) is 17.6 Å². The molecule has 0 spiro atoms. The molecular weight excluding hydrogens is 284 g/mol. The number of thiocarbonyl (C=S) groups is 1. The maximum atomic E-state index is 13.1. The summed E-state index contributed by atoms with van der Waals surface area (Å²) in [6, 6.07) is 2.04. The van der Waals surface area contributed by atoms with Gasteiger partial charge in [-0.15, -0.1) is 0 Å². The summed E-state index contributed by atoms with van der Waals surface area (Å²) in [6.45, 7) is -0.0765. The van der Waals surface area contributed by atoms with Crippen LogP contribution in [0.15, 0.2) is 18.2 Å². The van der Waals surface area contributed by atoms with Crippen molar-refractivity contribution in [2.45, 2.75) is 6.18 Å². The minimum Gasteiger partial charge on any atom is -0.392 e. The van der Waals surface area contributed by atoms with Gasteiger partial charge in [-0.2, -0.15) is 13.2 Å². The van der Waals surface area contributed by atoms with Crippen molar-refractivity contribution in [3.63, 3.8) is 0 Å². The highest BCUT2D eigenvalue weighted by molar-refractivity contribution is 7.80. The zero-order valence-electron chi connectivity index (χ0n) is 9.79. The van der Waals surface area contributed by atoms with Crippen LogP contribution in [0.3, 0.4) is 0 Å². The van der Waals surface area contributed by atoms with Crippen LogP contribution in [0, 0.1) is 5.82 Å². The molecule has 1 aromatic rings. The number of hydrogen-bond acceptors (Lipinski definition) is 2. The van der Waals surface area contributed by atoms with E-state index < -0.39 is 23.5 Å². The molecule has 0 saturated carbocycles. The van der Waals surface area contributed by atoms with Gasteiger partial charge < -0.3 is 10.6 Å². The highest BCUT2D eigenvalue weighted by atomic mass is 32.1. The Kier molecular flexibility index (Phi) is 4.46. The average Bonchev–Trinajstić information content (AvgIpc) is 2.26. The Morgan fingerprint density at radius 3 is 2.47 bits per heavy atom. The molecule has 0 aliphatic heterocycles. The van der Waals surface area contributed by atoms with Gasteiger partial charge in [-0.05, 0) is 18.2 Å². The molecule has 1 amide bonds. The molecule has 2 N–H and O–H groups in total. The van der Waals surface area contributed by atoms with Crippen LogP contribution in [-0.2, 0) is 6.18 Å². The number of carbonyl (C=O) groups excluding carboxylic acids is 1. The second-order valence-corrected chi connectivity index (χ2v) is 4.34. The first kappa shape index (κ1) is 15.4. The zero-order valence-corrected chi connectivity index (χ0v) is 10.6. The number of nitrogens with two attached hydrogens (primary N) is 1. The second kappa shape index (κ2) is 5.52. The van der Waals surface area contributed by atoms with Gasteiger partial charge in [0.2, 0.25) is 0 Å². The maximum Gasteiger partial charge on any atom is 0.419 e. The number of carbonyl (C=O) groups is 1. The fourth-order valence-electron chi connectivity index (χ4n) is 1.40. The van der Waals surface area contributed by atoms with E-state index in [9.17, 15) is 22.4 Å². The normalized spacial score (nSPS) is 11.2. The van der Waals surface area contributed by atoms with Crippen LogP contribution < -0.4 is 5.73 Å². The van der Waals surface area contributed by atoms with Crippen molar-refractivity contribution in [1.29, 1.82) is 0 Å². The molecule has 0 saturated heterocycles. The summed E-state index contributed by atoms with van der Waals surface area (Å²) >= 11 is 4.59. The highest BCUT2D eigenvalue weighted by Crippen LogP contribution is 2.32. The minimum atomic E-state index is -4.86. The summed E-state index contributed by atoms with van der Waals surface area (Å²) in [5.41, 5.74) is 3.46. The second-order valence-electron chi connectivity index (χ2n) is 3.82. The van der Waals surface area contributed by atoms with Gasteiger partial charge in [0.1, 0.15) is 5.82 Å². The molecule has 0 aliphatic rings. The Hall–Kier alpha value is -1.70. The molecule has 0 fully saturated rings. The van der Waals surface area contributed by atoms with E-state index in [4.69, 9.17) is 5.73 Å². The number of nitrogens with zero attached hydrogens (tertiary/aromatic N) is 1. The smallest absolute Gasteiger partial charge is 0.392 e. The van der Waals surface area contributed by atoms with Gasteiger partial charge in [-0.1, -0.05) is 12.2 Å². The lowest BCUT2D eigenvalue weighted by atomic mass is 10.1. The molecule has 104 valence electrons. The van der Waals surface area contributed by atoms with Crippen LogP contribution in [0.5, 0.6) is 0 Å². The molecule has 0 bridgehead atoms. The van der Waals surface area contributed by atoms with E-state index in [1.54, 1.807) is 0 Å². The molecule has 0 aromatic heterocycles. The number of benzene rings is 1. The Labute approximate surface area is 112 Å². The third-order valence-corrected chi connectivity index (χ3v) is 2.39. The lowest BCUT2D eigenvalue weighted by Crippen LogP contribution is -2.34. The van der Waals surface area contributed by atoms with Crippen molar-refractivity contribution in [2.24, 2.45) is 5.73 Å². The molecule has 3 nitrogen and oxygen atoms in total. The number of likely N-dealkylation sites (N-methyl/N-ethyl adjacent to an activating group) is 1. The summed E-state index contributed by atoms with van der Waals surface area (Å²) in [6.07, 6.45) is -4.86. The number of rotatable bonds is 3. The predicted molar refractivity (Wildman–Crippen MR) is 65.1 cm³/mol. The summed E-state index contributed by atoms with van der Waals surface area (Å²) in [4.78, 5) is 12.9. The number of alkyl halides is 3. The first-order valence-electron chi connectivity index (χ1n) is 5.03. The van der Waals surface area contributed by atoms with Gasteiger partial charge >= 0.3 is 6.18 Å². The molecule has 1 rings (SSSR count). The molecule has 0 aliphatic carbocycles. The first-order chi connectivity index (χ1) is 8.62. The van der Waals surface area contributed by atoms with Crippen molar-refractivity contribution in [2.75, 3.05) is 13.6 Å². The van der Waals surface area contributed by atoms with E-state index in [1.807, 2.05) is 0 Å². The van der Waals surface area contributed by atoms with E-state index in [-0.39, 0.29) is 17.1 Å². The molecule has 1 aromatic carbocycles. The Morgan fingerprint density at radius 2 is 2.00 bits per heavy atom. The summed E-state index contributed by atoms with van der Waals surface area (Å²) in [7, 11) is 1.33. The first-order valence-corrected chi connectivity index (χ1v) is 5.44. The quantitative estimate of drug-likeness (QED) is 0.687. The average molecular weight is 294 g/mol. The van der Waals surface area contributed by atoms with E-state index in [2.05, 4.69) is 12.2 Å². The van der Waals surface area contributed by atoms with Gasteiger partial charge in [-0.25, -0.2) is 4.39 Å². The van der Waals surface area contributed by atoms with Crippen molar-refractivity contribution >= 4 is 23.1 Å². The topological polar surface area (TPSA) is 46.3 Å². The van der Waals surface area contributed by atoms with Crippen molar-refractivity contribution in [3.05, 3.63) is 35.1 Å². The predicted octanol–water partition coefficient (Wildman–Crippen LogP) is 2.20. The van der Waals surface area contributed by atoms with Crippen LogP contribution in [0.25, 0.3) is 0 Å². The van der Waals surface area contributed by atoms with Crippen molar-refractivity contribution in [1.82, 2.24) is 4.90 Å². The van der Waals surface area contributed by atoms with Gasteiger partial charge in [0.25, 0.3) is 5.91 Å². The summed E-state index contributed by atoms with van der Waals surface area (Å²) in [5, 5.41) is 0. The lowest BCUT2D eigenvalue weighted by molar-refractivity contribution is -0.140. The molecule has 8 heteroatoms. The van der Waals surface area contributed by atoms with Gasteiger partial charge in [0.15, 0.2) is 0 Å². The van der Waals surface area contributed by atoms with E-state index >= 15 is 0 Å². The third kappa shape index (κ3) is 3.88. The van der Waals surface area contributed by atoms with E-state index in [0.29, 0.717) is 12.1 Å². The third-order valence-electron chi connectivity index (χ3n) is 2.26. The fraction of sp³-hybridized carbons (Fsp3) is 0.273. The maximum absolute atomic E-state index is 13.1. The summed E-state index contributed by atoms with van der Waals surface area (Å²) in [5.74, 6) is -2.15. The molecule has 0 radical (unpaired) electrons. The largest absolute Gasteiger partial charge is 0.419 e. The number of hydrogen-bond donors (Lipinski definition) is 1. The molecule has 0 atom stereocenters. The Bertz CT molecular complexity index is 516. The highest BCUT2D eigenvalue weighted by Gasteiger charge is 2.34. The van der Waals surface area contributed by atoms with Crippen LogP contribution in [0.2, 0.25) is 0 Å². The van der Waals surface area contributed by atoms with Crippen LogP contribution in [0.1, 0.15) is 15.9 Å². The fourth-order valence-corrected chi connectivity index (χ4v) is 1.60. The van der Waals surface area contributed by atoms with E-state index in [0.717, 1.165) is 11.0 Å². The SMILES string of the molecule is CN(CC(N)=S)C(=O)c1ccc(F)c(C(F)(F)F)c1. The monoisotopic (exact) mass is 294 g/mol. The van der Waals surface area contributed by atoms with Crippen molar-refractivity contribution in [3.8, 4) is 0 Å². The van der Waals surface area contributed by atoms with Crippen LogP contribution >= 0.6 is 12.2 Å². The standard InChI is InChI=1S/C11H10F4N2OS/c1-17(5-9(16)19)10(18)6-2-3-8(12)7(4-6)11(13,14)15/h2-4H,5H2,1H3,(H2,16,19). The van der Waals surface area contributed by atoms with Crippen LogP contribution in [-0.4, -0.2) is 29.4 Å². The number of amides is 1. The van der Waals surface area contributed by atoms with E-state index in [1.165, 1.54) is 7.05 Å². The summed E-state index contributed by atoms with van der Waals surface area (Å²) < 4.78 is 50.5. The molecular formula is C11H10F4N2OS. The van der Waals surface area contributed by atoms with Gasteiger partial charge in [-0.3, -0.25) is 4.79 Å². The zero-order chi connectivity index (χ0) is 14.8. The van der Waals surface area contributed by atoms with Crippen molar-refractivity contribution < 1.29 is 22.4 Å². The Balaban J connectivity index is 3.09. The Morgan fingerprint density at radius 1 is 1.42 bits per heavy atom. The number of halogens is 4. The minimum absolute atomic E-state index is 0.0222. The molecule has 0 unspecified atom stereocenters. The van der Waals surface area contributed by atoms with Gasteiger partial charge in [0, 0.05) is 12.6 Å². The lowest BCUT2D eigenvalue weighted by Gasteiger charge is -2.17. The van der Waals surface area contributed by atoms with Gasteiger partial charge in [0.05, 0.1) is 17.1 Å².